The van der Waals surface area contributed by atoms with Crippen LogP contribution in [0.1, 0.15) is 0 Å². The molecular weight excluding hydrogens is 373 g/mol. The van der Waals surface area contributed by atoms with Gasteiger partial charge in [-0.05, 0) is 17.5 Å². The molecule has 0 aliphatic rings. The molecule has 1 heterocycles. The molecule has 0 amide bonds. The summed E-state index contributed by atoms with van der Waals surface area (Å²) in [5, 5.41) is 0.173. The monoisotopic (exact) mass is 385 g/mol. The molecule has 0 radical (unpaired) electrons. The molecule has 0 saturated heterocycles. The van der Waals surface area contributed by atoms with E-state index >= 15 is 0 Å². The van der Waals surface area contributed by atoms with Crippen LogP contribution in [0.4, 0.5) is 5.69 Å². The first kappa shape index (κ1) is 20.3. The molecule has 130 valence electrons. The molecule has 26 heavy (non-hydrogen) atoms. The summed E-state index contributed by atoms with van der Waals surface area (Å²) in [6.07, 6.45) is 0. The summed E-state index contributed by atoms with van der Waals surface area (Å²) < 4.78 is 46.1. The summed E-state index contributed by atoms with van der Waals surface area (Å²) in [6, 6.07) is 11.4. The topological polar surface area (TPSA) is 129 Å². The first-order chi connectivity index (χ1) is 11.8. The number of methoxy groups -OCH3 is 1. The fraction of sp³-hybridized carbons (Fsp3) is 0.0625. The van der Waals surface area contributed by atoms with Gasteiger partial charge in [-0.1, -0.05) is 0 Å². The number of benzene rings is 2. The van der Waals surface area contributed by atoms with E-state index in [2.05, 4.69) is 10.2 Å². The summed E-state index contributed by atoms with van der Waals surface area (Å²) in [6.45, 7) is 0. The van der Waals surface area contributed by atoms with Crippen LogP contribution in [-0.2, 0) is 10.4 Å². The number of hydrogen-bond acceptors (Lipinski definition) is 7. The Balaban J connectivity index is 0.00000243. The molecule has 3 rings (SSSR count). The van der Waals surface area contributed by atoms with E-state index in [4.69, 9.17) is 19.4 Å². The number of ether oxygens (including phenoxy) is 1. The van der Waals surface area contributed by atoms with Crippen molar-refractivity contribution in [3.63, 3.8) is 0 Å². The predicted molar refractivity (Wildman–Crippen MR) is 89.9 cm³/mol. The fourth-order valence-electron chi connectivity index (χ4n) is 2.35. The molecule has 0 spiro atoms. The molecule has 3 aromatic rings. The first-order valence-corrected chi connectivity index (χ1v) is 8.24. The molecule has 8 nitrogen and oxygen atoms in total. The van der Waals surface area contributed by atoms with E-state index in [0.717, 1.165) is 0 Å². The van der Waals surface area contributed by atoms with Crippen LogP contribution >= 0.6 is 0 Å². The summed E-state index contributed by atoms with van der Waals surface area (Å²) in [5.74, 6) is -0.255. The minimum atomic E-state index is -4.93. The smallest absolute Gasteiger partial charge is 0.497 e. The van der Waals surface area contributed by atoms with Gasteiger partial charge in [-0.25, -0.2) is 0 Å². The van der Waals surface area contributed by atoms with E-state index in [9.17, 15) is 13.2 Å². The summed E-state index contributed by atoms with van der Waals surface area (Å²) in [7, 11) is -3.48. The van der Waals surface area contributed by atoms with Gasteiger partial charge in [-0.3, -0.25) is 9.35 Å². The minimum absolute atomic E-state index is 0. The standard InChI is InChI=1S/C16H12NO7S.Na/c1-22-9-6-7-10(12(17)8-9)14-15(18)11-4-2-3-5-13(11)23-16(14)24-25(19,20)21;/h2,4-8H,17H2,1H3,(H,19,20,21);/q-1;+1. The molecule has 0 atom stereocenters. The fourth-order valence-corrected chi connectivity index (χ4v) is 2.66. The molecule has 3 N–H and O–H groups in total. The van der Waals surface area contributed by atoms with Gasteiger partial charge in [-0.2, -0.15) is 26.6 Å². The van der Waals surface area contributed by atoms with Crippen LogP contribution in [0, 0.1) is 6.07 Å². The van der Waals surface area contributed by atoms with E-state index in [-0.39, 0.29) is 57.3 Å². The van der Waals surface area contributed by atoms with Crippen LogP contribution < -0.4 is 49.6 Å². The second-order valence-electron chi connectivity index (χ2n) is 4.98. The van der Waals surface area contributed by atoms with Gasteiger partial charge in [0.05, 0.1) is 7.11 Å². The van der Waals surface area contributed by atoms with E-state index in [1.54, 1.807) is 0 Å². The van der Waals surface area contributed by atoms with E-state index < -0.39 is 21.8 Å². The maximum atomic E-state index is 12.8. The maximum Gasteiger partial charge on any atom is 1.00 e. The Morgan fingerprint density at radius 3 is 2.62 bits per heavy atom. The van der Waals surface area contributed by atoms with E-state index in [1.807, 2.05) is 0 Å². The van der Waals surface area contributed by atoms with Gasteiger partial charge in [-0.15, -0.1) is 6.07 Å². The van der Waals surface area contributed by atoms with Crippen LogP contribution in [0.5, 0.6) is 11.7 Å². The van der Waals surface area contributed by atoms with Crippen molar-refractivity contribution in [1.29, 1.82) is 0 Å². The quantitative estimate of drug-likeness (QED) is 0.254. The van der Waals surface area contributed by atoms with Gasteiger partial charge in [0, 0.05) is 22.9 Å². The number of rotatable bonds is 4. The van der Waals surface area contributed by atoms with Crippen molar-refractivity contribution in [2.45, 2.75) is 0 Å². The van der Waals surface area contributed by atoms with Crippen LogP contribution in [-0.4, -0.2) is 20.1 Å². The largest absolute Gasteiger partial charge is 1.00 e. The number of anilines is 1. The number of nitrogens with two attached hydrogens (primary N) is 1. The molecule has 1 aromatic heterocycles. The Morgan fingerprint density at radius 1 is 1.27 bits per heavy atom. The zero-order valence-corrected chi connectivity index (χ0v) is 16.7. The van der Waals surface area contributed by atoms with Crippen LogP contribution in [0.3, 0.4) is 0 Å². The predicted octanol–water partition coefficient (Wildman–Crippen LogP) is -0.963. The molecule has 0 bridgehead atoms. The maximum absolute atomic E-state index is 12.8. The van der Waals surface area contributed by atoms with Gasteiger partial charge >= 0.3 is 45.9 Å². The average Bonchev–Trinajstić information content (AvgIpc) is 2.54. The Morgan fingerprint density at radius 2 is 2.00 bits per heavy atom. The number of nitrogen functional groups attached to an aromatic ring is 1. The van der Waals surface area contributed by atoms with Gasteiger partial charge in [0.25, 0.3) is 0 Å². The van der Waals surface area contributed by atoms with Crippen LogP contribution in [0.25, 0.3) is 22.1 Å². The van der Waals surface area contributed by atoms with Gasteiger partial charge in [0.15, 0.2) is 5.43 Å². The second kappa shape index (κ2) is 7.68. The Hall–Kier alpha value is -2.04. The van der Waals surface area contributed by atoms with E-state index in [1.165, 1.54) is 43.5 Å². The zero-order valence-electron chi connectivity index (χ0n) is 13.8. The van der Waals surface area contributed by atoms with Crippen LogP contribution in [0.15, 0.2) is 45.6 Å². The first-order valence-electron chi connectivity index (χ1n) is 6.88. The Labute approximate surface area is 170 Å². The van der Waals surface area contributed by atoms with Crippen molar-refractivity contribution in [3.05, 3.63) is 52.7 Å². The van der Waals surface area contributed by atoms with Crippen molar-refractivity contribution in [2.75, 3.05) is 12.8 Å². The van der Waals surface area contributed by atoms with E-state index in [0.29, 0.717) is 5.75 Å². The molecule has 0 unspecified atom stereocenters. The zero-order chi connectivity index (χ0) is 18.2. The number of hydrogen-bond donors (Lipinski definition) is 2. The second-order valence-corrected chi connectivity index (χ2v) is 6.00. The van der Waals surface area contributed by atoms with Gasteiger partial charge < -0.3 is 19.1 Å². The molecule has 0 fully saturated rings. The van der Waals surface area contributed by atoms with Crippen molar-refractivity contribution in [2.24, 2.45) is 0 Å². The molecule has 0 saturated carbocycles. The molecule has 0 aliphatic carbocycles. The third kappa shape index (κ3) is 4.02. The molecule has 0 aliphatic heterocycles. The Bertz CT molecular complexity index is 1130. The third-order valence-electron chi connectivity index (χ3n) is 3.41. The summed E-state index contributed by atoms with van der Waals surface area (Å²) in [4.78, 5) is 12.8. The normalized spacial score (nSPS) is 11.0. The van der Waals surface area contributed by atoms with Gasteiger partial charge in [0.1, 0.15) is 11.3 Å². The van der Waals surface area contributed by atoms with Crippen molar-refractivity contribution < 1.29 is 55.9 Å². The molecule has 10 heteroatoms. The minimum Gasteiger partial charge on any atom is -0.497 e. The molecule has 2 aromatic carbocycles. The van der Waals surface area contributed by atoms with Crippen molar-refractivity contribution in [1.82, 2.24) is 0 Å². The third-order valence-corrected chi connectivity index (χ3v) is 3.78. The van der Waals surface area contributed by atoms with Crippen molar-refractivity contribution >= 4 is 27.1 Å². The Kier molecular flexibility index (Phi) is 5.99. The number of fused-ring (bicyclic) bond motifs is 1. The average molecular weight is 385 g/mol. The van der Waals surface area contributed by atoms with Gasteiger partial charge in [0.2, 0.25) is 0 Å². The summed E-state index contributed by atoms with van der Waals surface area (Å²) >= 11 is 0. The molecular formula is C16H12NNaO7S. The SMILES string of the molecule is COc1ccc(-c2c(OS(=O)(=O)O)oc3c[c-]ccc3c2=O)c(N)c1.[Na+]. The summed E-state index contributed by atoms with van der Waals surface area (Å²) in [5.41, 5.74) is 5.47. The van der Waals surface area contributed by atoms with Crippen LogP contribution in [0.2, 0.25) is 0 Å². The van der Waals surface area contributed by atoms with Crippen molar-refractivity contribution in [3.8, 4) is 22.8 Å².